The van der Waals surface area contributed by atoms with Crippen LogP contribution in [0.15, 0.2) is 41.3 Å². The van der Waals surface area contributed by atoms with Crippen molar-refractivity contribution in [3.8, 4) is 11.5 Å². The van der Waals surface area contributed by atoms with E-state index in [9.17, 15) is 9.59 Å². The first kappa shape index (κ1) is 23.1. The van der Waals surface area contributed by atoms with E-state index in [0.717, 1.165) is 11.1 Å². The van der Waals surface area contributed by atoms with Gasteiger partial charge in [-0.1, -0.05) is 34.8 Å². The quantitative estimate of drug-likeness (QED) is 0.326. The largest absolute Gasteiger partial charge is 0.462 e. The monoisotopic (exact) mass is 506 g/mol. The van der Waals surface area contributed by atoms with Gasteiger partial charge in [0.2, 0.25) is 0 Å². The summed E-state index contributed by atoms with van der Waals surface area (Å²) < 4.78 is 10.8. The molecule has 1 aromatic carbocycles. The van der Waals surface area contributed by atoms with E-state index in [1.165, 1.54) is 18.2 Å². The lowest BCUT2D eigenvalue weighted by Crippen LogP contribution is -2.13. The molecule has 0 unspecified atom stereocenters. The van der Waals surface area contributed by atoms with Crippen LogP contribution >= 0.6 is 34.8 Å². The lowest BCUT2D eigenvalue weighted by atomic mass is 10.1. The topological polar surface area (TPSA) is 110 Å². The minimum absolute atomic E-state index is 0.0368. The number of rotatable bonds is 7. The Kier molecular flexibility index (Phi) is 6.88. The second-order valence-corrected chi connectivity index (χ2v) is 8.16. The van der Waals surface area contributed by atoms with Gasteiger partial charge in [-0.25, -0.2) is 9.78 Å². The average molecular weight is 508 g/mol. The number of carbonyl (C=O) groups excluding carboxylic acids is 1. The maximum atomic E-state index is 12.4. The second kappa shape index (κ2) is 9.82. The van der Waals surface area contributed by atoms with Gasteiger partial charge in [0.25, 0.3) is 5.56 Å². The van der Waals surface area contributed by atoms with Gasteiger partial charge in [-0.3, -0.25) is 9.89 Å². The normalized spacial score (nSPS) is 11.0. The minimum atomic E-state index is -0.560. The van der Waals surface area contributed by atoms with Crippen molar-refractivity contribution < 1.29 is 14.3 Å². The first-order valence-electron chi connectivity index (χ1n) is 9.91. The van der Waals surface area contributed by atoms with Crippen LogP contribution in [0.5, 0.6) is 11.5 Å². The summed E-state index contributed by atoms with van der Waals surface area (Å²) in [4.78, 5) is 31.4. The Bertz CT molecular complexity index is 1400. The van der Waals surface area contributed by atoms with E-state index in [-0.39, 0.29) is 38.7 Å². The summed E-state index contributed by atoms with van der Waals surface area (Å²) in [6.07, 6.45) is 2.54. The lowest BCUT2D eigenvalue weighted by Gasteiger charge is -2.13. The highest BCUT2D eigenvalue weighted by Gasteiger charge is 2.19. The molecule has 3 heterocycles. The van der Waals surface area contributed by atoms with E-state index in [1.54, 1.807) is 13.1 Å². The predicted molar refractivity (Wildman–Crippen MR) is 126 cm³/mol. The maximum absolute atomic E-state index is 12.4. The number of benzene rings is 1. The smallest absolute Gasteiger partial charge is 0.338 e. The molecule has 0 aliphatic heterocycles. The highest BCUT2D eigenvalue weighted by atomic mass is 35.5. The molecule has 0 amide bonds. The van der Waals surface area contributed by atoms with E-state index in [4.69, 9.17) is 44.3 Å². The molecule has 11 heteroatoms. The standard InChI is InChI=1S/C22H17Cl3N4O4/c1-2-32-22(31)11-8-12(23)10-13(9-11)33-19-17(24)16(27-21(30)18(19)25)6-5-15-14-4-3-7-26-20(14)29-28-15/h3-4,7-10H,2,5-6H2,1H3,(H,27,30)(H,26,28,29). The lowest BCUT2D eigenvalue weighted by molar-refractivity contribution is 0.0526. The number of hydrogen-bond donors (Lipinski definition) is 2. The van der Waals surface area contributed by atoms with E-state index >= 15 is 0 Å². The fourth-order valence-corrected chi connectivity index (χ4v) is 3.99. The Morgan fingerprint density at radius 1 is 1.09 bits per heavy atom. The molecule has 2 N–H and O–H groups in total. The molecule has 0 spiro atoms. The van der Waals surface area contributed by atoms with Crippen molar-refractivity contribution in [2.45, 2.75) is 19.8 Å². The first-order chi connectivity index (χ1) is 15.9. The average Bonchev–Trinajstić information content (AvgIpc) is 3.21. The number of nitrogens with one attached hydrogen (secondary N) is 2. The van der Waals surface area contributed by atoms with Gasteiger partial charge in [0.05, 0.1) is 12.2 Å². The number of hydrogen-bond acceptors (Lipinski definition) is 6. The number of H-pyrrole nitrogens is 2. The molecule has 0 radical (unpaired) electrons. The molecule has 0 fully saturated rings. The van der Waals surface area contributed by atoms with E-state index < -0.39 is 11.5 Å². The molecule has 0 bridgehead atoms. The van der Waals surface area contributed by atoms with E-state index in [2.05, 4.69) is 20.2 Å². The maximum Gasteiger partial charge on any atom is 0.338 e. The highest BCUT2D eigenvalue weighted by Crippen LogP contribution is 2.37. The number of esters is 1. The fourth-order valence-electron chi connectivity index (χ4n) is 3.26. The molecule has 170 valence electrons. The van der Waals surface area contributed by atoms with Crippen LogP contribution in [0.2, 0.25) is 15.1 Å². The van der Waals surface area contributed by atoms with Crippen LogP contribution in [0.4, 0.5) is 0 Å². The molecule has 8 nitrogen and oxygen atoms in total. The van der Waals surface area contributed by atoms with Crippen LogP contribution in [0, 0.1) is 0 Å². The van der Waals surface area contributed by atoms with Crippen LogP contribution in [0.25, 0.3) is 11.0 Å². The van der Waals surface area contributed by atoms with Crippen LogP contribution < -0.4 is 10.3 Å². The van der Waals surface area contributed by atoms with Gasteiger partial charge in [-0.15, -0.1) is 0 Å². The van der Waals surface area contributed by atoms with Gasteiger partial charge in [-0.2, -0.15) is 5.10 Å². The Morgan fingerprint density at radius 2 is 1.88 bits per heavy atom. The number of pyridine rings is 2. The van der Waals surface area contributed by atoms with Crippen molar-refractivity contribution in [1.82, 2.24) is 20.2 Å². The van der Waals surface area contributed by atoms with Gasteiger partial charge in [-0.05, 0) is 50.1 Å². The molecule has 0 atom stereocenters. The van der Waals surface area contributed by atoms with Crippen molar-refractivity contribution >= 4 is 51.8 Å². The minimum Gasteiger partial charge on any atom is -0.462 e. The number of aromatic nitrogens is 4. The molecular weight excluding hydrogens is 491 g/mol. The van der Waals surface area contributed by atoms with Gasteiger partial charge in [0.15, 0.2) is 11.4 Å². The van der Waals surface area contributed by atoms with Crippen LogP contribution in [-0.2, 0) is 17.6 Å². The molecule has 3 aromatic heterocycles. The van der Waals surface area contributed by atoms with Gasteiger partial charge < -0.3 is 14.5 Å². The summed E-state index contributed by atoms with van der Waals surface area (Å²) in [5, 5.41) is 8.16. The molecule has 0 aliphatic rings. The summed E-state index contributed by atoms with van der Waals surface area (Å²) in [7, 11) is 0. The summed E-state index contributed by atoms with van der Waals surface area (Å²) in [5.41, 5.74) is 1.51. The zero-order chi connectivity index (χ0) is 23.5. The van der Waals surface area contributed by atoms with Gasteiger partial charge in [0, 0.05) is 28.0 Å². The Labute approximate surface area is 202 Å². The Balaban J connectivity index is 1.63. The molecular formula is C22H17Cl3N4O4. The SMILES string of the molecule is CCOC(=O)c1cc(Cl)cc(Oc2c(Cl)c(CCc3[nH]nc4ncccc34)[nH]c(=O)c2Cl)c1. The fraction of sp³-hybridized carbons (Fsp3) is 0.182. The molecule has 0 aliphatic carbocycles. The summed E-state index contributed by atoms with van der Waals surface area (Å²) in [6.45, 7) is 1.90. The molecule has 0 saturated heterocycles. The van der Waals surface area contributed by atoms with Gasteiger partial charge >= 0.3 is 5.97 Å². The summed E-state index contributed by atoms with van der Waals surface area (Å²) in [5.74, 6) is -0.420. The van der Waals surface area contributed by atoms with Crippen molar-refractivity contribution in [3.63, 3.8) is 0 Å². The first-order valence-corrected chi connectivity index (χ1v) is 11.0. The Morgan fingerprint density at radius 3 is 2.67 bits per heavy atom. The number of halogens is 3. The van der Waals surface area contributed by atoms with E-state index in [1.807, 2.05) is 12.1 Å². The van der Waals surface area contributed by atoms with Crippen molar-refractivity contribution in [1.29, 1.82) is 0 Å². The molecule has 4 rings (SSSR count). The number of ether oxygens (including phenoxy) is 2. The van der Waals surface area contributed by atoms with Crippen LogP contribution in [-0.4, -0.2) is 32.7 Å². The third-order valence-electron chi connectivity index (χ3n) is 4.76. The third kappa shape index (κ3) is 4.98. The van der Waals surface area contributed by atoms with Crippen molar-refractivity contribution in [2.75, 3.05) is 6.61 Å². The predicted octanol–water partition coefficient (Wildman–Crippen LogP) is 5.36. The number of fused-ring (bicyclic) bond motifs is 1. The number of nitrogens with zero attached hydrogens (tertiary/aromatic N) is 2. The molecule has 4 aromatic rings. The van der Waals surface area contributed by atoms with Crippen molar-refractivity contribution in [2.24, 2.45) is 0 Å². The highest BCUT2D eigenvalue weighted by molar-refractivity contribution is 6.37. The summed E-state index contributed by atoms with van der Waals surface area (Å²) >= 11 is 18.9. The summed E-state index contributed by atoms with van der Waals surface area (Å²) in [6, 6.07) is 8.08. The third-order valence-corrected chi connectivity index (χ3v) is 5.72. The van der Waals surface area contributed by atoms with Crippen LogP contribution in [0.1, 0.15) is 28.7 Å². The Hall–Kier alpha value is -3.07. The number of carbonyl (C=O) groups is 1. The van der Waals surface area contributed by atoms with Crippen LogP contribution in [0.3, 0.4) is 0 Å². The van der Waals surface area contributed by atoms with Gasteiger partial charge in [0.1, 0.15) is 15.8 Å². The number of aryl methyl sites for hydroxylation is 2. The second-order valence-electron chi connectivity index (χ2n) is 6.96. The molecule has 0 saturated carbocycles. The molecule has 33 heavy (non-hydrogen) atoms. The zero-order valence-corrected chi connectivity index (χ0v) is 19.5. The van der Waals surface area contributed by atoms with E-state index in [0.29, 0.717) is 24.2 Å². The van der Waals surface area contributed by atoms with Crippen molar-refractivity contribution in [3.05, 3.63) is 78.9 Å². The zero-order valence-electron chi connectivity index (χ0n) is 17.2. The number of aromatic amines is 2.